The lowest BCUT2D eigenvalue weighted by Gasteiger charge is -2.12. The van der Waals surface area contributed by atoms with Gasteiger partial charge >= 0.3 is 0 Å². The summed E-state index contributed by atoms with van der Waals surface area (Å²) >= 11 is 0. The van der Waals surface area contributed by atoms with Crippen LogP contribution in [0.25, 0.3) is 110 Å². The standard InChI is InChI=1S/C54H34N2O/c1-2-13-35(14-3-1)36-15-10-17-40(31-36)55-48-23-7-4-19-43(48)46-33-37(27-29-50(46)55)38-28-30-51-47(34-38)44-20-5-8-24-49(44)56(51)41-18-11-16-39(32-41)42-22-12-26-53-54(42)45-21-6-9-25-52(45)57-53/h1-34H. The Balaban J connectivity index is 0.994. The minimum atomic E-state index is 0.906. The second kappa shape index (κ2) is 12.5. The second-order valence-electron chi connectivity index (χ2n) is 14.9. The molecular weight excluding hydrogens is 693 g/mol. The normalized spacial score (nSPS) is 11.9. The molecule has 0 radical (unpaired) electrons. The van der Waals surface area contributed by atoms with E-state index >= 15 is 0 Å². The van der Waals surface area contributed by atoms with Gasteiger partial charge in [0.2, 0.25) is 0 Å². The quantitative estimate of drug-likeness (QED) is 0.173. The fraction of sp³-hybridized carbons (Fsp3) is 0. The van der Waals surface area contributed by atoms with Gasteiger partial charge in [-0.1, -0.05) is 133 Å². The number of hydrogen-bond donors (Lipinski definition) is 0. The number of fused-ring (bicyclic) bond motifs is 9. The predicted octanol–water partition coefficient (Wildman–Crippen LogP) is 14.8. The van der Waals surface area contributed by atoms with E-state index in [1.54, 1.807) is 0 Å². The predicted molar refractivity (Wildman–Crippen MR) is 239 cm³/mol. The van der Waals surface area contributed by atoms with Crippen molar-refractivity contribution in [2.24, 2.45) is 0 Å². The number of aromatic nitrogens is 2. The molecule has 12 aromatic rings. The lowest BCUT2D eigenvalue weighted by Crippen LogP contribution is -1.94. The molecule has 0 atom stereocenters. The van der Waals surface area contributed by atoms with E-state index < -0.39 is 0 Å². The molecule has 0 saturated carbocycles. The number of benzene rings is 9. The van der Waals surface area contributed by atoms with Crippen molar-refractivity contribution < 1.29 is 4.42 Å². The van der Waals surface area contributed by atoms with Crippen LogP contribution in [0.4, 0.5) is 0 Å². The highest BCUT2D eigenvalue weighted by Gasteiger charge is 2.18. The van der Waals surface area contributed by atoms with Crippen LogP contribution in [0.2, 0.25) is 0 Å². The molecule has 0 spiro atoms. The van der Waals surface area contributed by atoms with Crippen LogP contribution in [0.3, 0.4) is 0 Å². The van der Waals surface area contributed by atoms with Gasteiger partial charge in [-0.3, -0.25) is 0 Å². The maximum absolute atomic E-state index is 6.26. The van der Waals surface area contributed by atoms with E-state index in [2.05, 4.69) is 203 Å². The Morgan fingerprint density at radius 1 is 0.281 bits per heavy atom. The zero-order valence-electron chi connectivity index (χ0n) is 30.9. The molecule has 3 aromatic heterocycles. The van der Waals surface area contributed by atoms with E-state index in [1.165, 1.54) is 71.4 Å². The summed E-state index contributed by atoms with van der Waals surface area (Å²) < 4.78 is 11.1. The fourth-order valence-electron chi connectivity index (χ4n) is 9.14. The molecule has 0 aliphatic rings. The Bertz CT molecular complexity index is 3530. The summed E-state index contributed by atoms with van der Waals surface area (Å²) in [5, 5.41) is 7.25. The highest BCUT2D eigenvalue weighted by atomic mass is 16.3. The van der Waals surface area contributed by atoms with Crippen LogP contribution in [0.15, 0.2) is 211 Å². The largest absolute Gasteiger partial charge is 0.456 e. The Kier molecular flexibility index (Phi) is 6.93. The van der Waals surface area contributed by atoms with Crippen LogP contribution < -0.4 is 0 Å². The summed E-state index contributed by atoms with van der Waals surface area (Å²) in [7, 11) is 0. The molecule has 0 saturated heterocycles. The van der Waals surface area contributed by atoms with Gasteiger partial charge in [0, 0.05) is 43.7 Å². The van der Waals surface area contributed by atoms with Gasteiger partial charge < -0.3 is 13.6 Å². The molecule has 3 heterocycles. The van der Waals surface area contributed by atoms with Gasteiger partial charge in [-0.05, 0) is 106 Å². The average molecular weight is 727 g/mol. The van der Waals surface area contributed by atoms with Crippen LogP contribution in [0, 0.1) is 0 Å². The molecular formula is C54H34N2O. The van der Waals surface area contributed by atoms with Crippen molar-refractivity contribution >= 4 is 65.6 Å². The number of hydrogen-bond acceptors (Lipinski definition) is 1. The van der Waals surface area contributed by atoms with Crippen molar-refractivity contribution in [3.63, 3.8) is 0 Å². The molecule has 3 nitrogen and oxygen atoms in total. The van der Waals surface area contributed by atoms with Gasteiger partial charge in [0.15, 0.2) is 0 Å². The average Bonchev–Trinajstić information content (AvgIpc) is 3.94. The Hall–Kier alpha value is -7.62. The zero-order chi connectivity index (χ0) is 37.5. The summed E-state index contributed by atoms with van der Waals surface area (Å²) in [5.74, 6) is 0. The van der Waals surface area contributed by atoms with Crippen molar-refractivity contribution in [2.45, 2.75) is 0 Å². The molecule has 57 heavy (non-hydrogen) atoms. The van der Waals surface area contributed by atoms with E-state index in [1.807, 2.05) is 12.1 Å². The van der Waals surface area contributed by atoms with Crippen molar-refractivity contribution in [2.75, 3.05) is 0 Å². The Morgan fingerprint density at radius 2 is 0.754 bits per heavy atom. The topological polar surface area (TPSA) is 23.0 Å². The fourth-order valence-corrected chi connectivity index (χ4v) is 9.14. The maximum atomic E-state index is 6.26. The Morgan fingerprint density at radius 3 is 1.42 bits per heavy atom. The van der Waals surface area contributed by atoms with Crippen LogP contribution >= 0.6 is 0 Å². The minimum absolute atomic E-state index is 0.906. The van der Waals surface area contributed by atoms with Gasteiger partial charge in [0.05, 0.1) is 22.1 Å². The smallest absolute Gasteiger partial charge is 0.136 e. The second-order valence-corrected chi connectivity index (χ2v) is 14.9. The summed E-state index contributed by atoms with van der Waals surface area (Å²) in [4.78, 5) is 0. The van der Waals surface area contributed by atoms with Crippen LogP contribution in [-0.4, -0.2) is 9.13 Å². The highest BCUT2D eigenvalue weighted by Crippen LogP contribution is 2.41. The van der Waals surface area contributed by atoms with E-state index in [9.17, 15) is 0 Å². The third kappa shape index (κ3) is 4.92. The molecule has 0 unspecified atom stereocenters. The number of nitrogens with zero attached hydrogens (tertiary/aromatic N) is 2. The number of furan rings is 1. The lowest BCUT2D eigenvalue weighted by atomic mass is 9.99. The van der Waals surface area contributed by atoms with E-state index in [0.717, 1.165) is 38.9 Å². The summed E-state index contributed by atoms with van der Waals surface area (Å²) in [6.45, 7) is 0. The minimum Gasteiger partial charge on any atom is -0.456 e. The third-order valence-corrected chi connectivity index (χ3v) is 11.7. The van der Waals surface area contributed by atoms with Gasteiger partial charge in [0.1, 0.15) is 11.2 Å². The molecule has 3 heteroatoms. The first-order valence-electron chi connectivity index (χ1n) is 19.5. The molecule has 0 aliphatic heterocycles. The first-order chi connectivity index (χ1) is 28.3. The summed E-state index contributed by atoms with van der Waals surface area (Å²) in [6, 6.07) is 74.5. The lowest BCUT2D eigenvalue weighted by molar-refractivity contribution is 0.669. The first-order valence-corrected chi connectivity index (χ1v) is 19.5. The zero-order valence-corrected chi connectivity index (χ0v) is 30.9. The summed E-state index contributed by atoms with van der Waals surface area (Å²) in [5.41, 5.74) is 16.0. The molecule has 0 aliphatic carbocycles. The molecule has 0 fully saturated rings. The van der Waals surface area contributed by atoms with Crippen molar-refractivity contribution in [1.82, 2.24) is 9.13 Å². The maximum Gasteiger partial charge on any atom is 0.136 e. The van der Waals surface area contributed by atoms with Crippen LogP contribution in [0.5, 0.6) is 0 Å². The molecule has 9 aromatic carbocycles. The SMILES string of the molecule is c1ccc(-c2cccc(-n3c4ccccc4c4cc(-c5ccc6c(c5)c5ccccc5n6-c5cccc(-c6cccc7oc8ccccc8c67)c5)ccc43)c2)cc1. The van der Waals surface area contributed by atoms with Crippen LogP contribution in [0.1, 0.15) is 0 Å². The van der Waals surface area contributed by atoms with E-state index in [4.69, 9.17) is 4.42 Å². The van der Waals surface area contributed by atoms with Crippen molar-refractivity contribution in [3.05, 3.63) is 206 Å². The molecule has 0 N–H and O–H groups in total. The van der Waals surface area contributed by atoms with Crippen molar-refractivity contribution in [1.29, 1.82) is 0 Å². The van der Waals surface area contributed by atoms with E-state index in [-0.39, 0.29) is 0 Å². The van der Waals surface area contributed by atoms with Gasteiger partial charge in [0.25, 0.3) is 0 Å². The first kappa shape index (κ1) is 31.7. The molecule has 0 bridgehead atoms. The van der Waals surface area contributed by atoms with Gasteiger partial charge in [-0.25, -0.2) is 0 Å². The number of para-hydroxylation sites is 3. The van der Waals surface area contributed by atoms with Gasteiger partial charge in [-0.2, -0.15) is 0 Å². The monoisotopic (exact) mass is 726 g/mol. The molecule has 266 valence electrons. The summed E-state index contributed by atoms with van der Waals surface area (Å²) in [6.07, 6.45) is 0. The van der Waals surface area contributed by atoms with Gasteiger partial charge in [-0.15, -0.1) is 0 Å². The molecule has 12 rings (SSSR count). The van der Waals surface area contributed by atoms with Crippen LogP contribution in [-0.2, 0) is 0 Å². The highest BCUT2D eigenvalue weighted by molar-refractivity contribution is 6.14. The molecule has 0 amide bonds. The number of rotatable bonds is 5. The van der Waals surface area contributed by atoms with Crippen molar-refractivity contribution in [3.8, 4) is 44.8 Å². The third-order valence-electron chi connectivity index (χ3n) is 11.7. The Labute approximate surface area is 328 Å². The van der Waals surface area contributed by atoms with E-state index in [0.29, 0.717) is 0 Å².